The van der Waals surface area contributed by atoms with E-state index in [2.05, 4.69) is 9.80 Å². The Morgan fingerprint density at radius 2 is 1.62 bits per heavy atom. The van der Waals surface area contributed by atoms with Crippen LogP contribution in [0.4, 0.5) is 17.3 Å². The lowest BCUT2D eigenvalue weighted by Crippen LogP contribution is -2.49. The summed E-state index contributed by atoms with van der Waals surface area (Å²) in [6.07, 6.45) is 4.24. The topological polar surface area (TPSA) is 123 Å². The lowest BCUT2D eigenvalue weighted by molar-refractivity contribution is -0.131. The Hall–Kier alpha value is -3.37. The Morgan fingerprint density at radius 3 is 2.21 bits per heavy atom. The zero-order chi connectivity index (χ0) is 23.9. The van der Waals surface area contributed by atoms with Gasteiger partial charge in [-0.2, -0.15) is 0 Å². The molecule has 2 saturated heterocycles. The van der Waals surface area contributed by atoms with Crippen molar-refractivity contribution in [3.63, 3.8) is 0 Å². The van der Waals surface area contributed by atoms with E-state index in [1.807, 2.05) is 41.3 Å². The molecule has 1 aromatic heterocycles. The molecule has 0 bridgehead atoms. The lowest BCUT2D eigenvalue weighted by atomic mass is 10.2. The average Bonchev–Trinajstić information content (AvgIpc) is 2.89. The Labute approximate surface area is 200 Å². The number of hydrogen-bond donors (Lipinski definition) is 2. The van der Waals surface area contributed by atoms with Crippen LogP contribution in [-0.4, -0.2) is 86.9 Å². The van der Waals surface area contributed by atoms with Crippen LogP contribution in [0.3, 0.4) is 0 Å². The Balaban J connectivity index is 1.59. The molecule has 182 valence electrons. The van der Waals surface area contributed by atoms with E-state index in [0.29, 0.717) is 69.7 Å². The summed E-state index contributed by atoms with van der Waals surface area (Å²) in [4.78, 5) is 28.0. The minimum Gasteiger partial charge on any atom is -0.497 e. The number of methoxy groups -OCH3 is 1. The van der Waals surface area contributed by atoms with Crippen LogP contribution in [0.5, 0.6) is 5.75 Å². The first-order chi connectivity index (χ1) is 16.6. The van der Waals surface area contributed by atoms with Gasteiger partial charge in [0.15, 0.2) is 17.5 Å². The molecule has 1 amide bonds. The maximum Gasteiger partial charge on any atom is 0.223 e. The number of ether oxygens (including phenoxy) is 2. The smallest absolute Gasteiger partial charge is 0.223 e. The molecule has 10 nitrogen and oxygen atoms in total. The number of nitrogens with two attached hydrogens (primary N) is 2. The number of anilines is 3. The summed E-state index contributed by atoms with van der Waals surface area (Å²) >= 11 is 0. The van der Waals surface area contributed by atoms with Gasteiger partial charge in [0.2, 0.25) is 5.91 Å². The van der Waals surface area contributed by atoms with E-state index in [4.69, 9.17) is 30.9 Å². The van der Waals surface area contributed by atoms with Crippen LogP contribution in [0.15, 0.2) is 24.3 Å². The third-order valence-corrected chi connectivity index (χ3v) is 6.06. The first-order valence-corrected chi connectivity index (χ1v) is 11.6. The zero-order valence-electron chi connectivity index (χ0n) is 19.7. The van der Waals surface area contributed by atoms with E-state index in [0.717, 1.165) is 30.2 Å². The molecule has 0 saturated carbocycles. The Kier molecular flexibility index (Phi) is 7.81. The molecular formula is C24H33N7O3. The molecule has 0 aliphatic carbocycles. The second-order valence-electron chi connectivity index (χ2n) is 8.26. The largest absolute Gasteiger partial charge is 0.497 e. The van der Waals surface area contributed by atoms with Crippen LogP contribution in [0.1, 0.15) is 17.8 Å². The van der Waals surface area contributed by atoms with Crippen molar-refractivity contribution >= 4 is 35.4 Å². The van der Waals surface area contributed by atoms with Crippen molar-refractivity contribution in [2.45, 2.75) is 6.42 Å². The molecular weight excluding hydrogens is 434 g/mol. The Morgan fingerprint density at radius 1 is 1.00 bits per heavy atom. The zero-order valence-corrected chi connectivity index (χ0v) is 19.7. The van der Waals surface area contributed by atoms with Gasteiger partial charge in [0, 0.05) is 52.2 Å². The van der Waals surface area contributed by atoms with Crippen LogP contribution in [0.25, 0.3) is 12.2 Å². The van der Waals surface area contributed by atoms with Crippen LogP contribution in [0.2, 0.25) is 0 Å². The van der Waals surface area contributed by atoms with E-state index < -0.39 is 0 Å². The molecule has 34 heavy (non-hydrogen) atoms. The number of carbonyl (C=O) groups is 1. The van der Waals surface area contributed by atoms with Crippen molar-refractivity contribution < 1.29 is 14.3 Å². The van der Waals surface area contributed by atoms with Gasteiger partial charge in [0.25, 0.3) is 0 Å². The molecule has 0 atom stereocenters. The number of carbonyl (C=O) groups excluding carboxylic acids is 1. The first kappa shape index (κ1) is 23.8. The average molecular weight is 468 g/mol. The summed E-state index contributed by atoms with van der Waals surface area (Å²) in [6.45, 7) is 5.63. The molecule has 0 spiro atoms. The molecule has 2 fully saturated rings. The van der Waals surface area contributed by atoms with Gasteiger partial charge in [-0.15, -0.1) is 0 Å². The summed E-state index contributed by atoms with van der Waals surface area (Å²) in [6, 6.07) is 7.79. The molecule has 0 unspecified atom stereocenters. The highest BCUT2D eigenvalue weighted by Crippen LogP contribution is 2.32. The highest BCUT2D eigenvalue weighted by atomic mass is 16.5. The summed E-state index contributed by atoms with van der Waals surface area (Å²) in [7, 11) is 1.65. The number of amides is 1. The number of rotatable bonds is 7. The van der Waals surface area contributed by atoms with Crippen LogP contribution in [-0.2, 0) is 9.53 Å². The van der Waals surface area contributed by atoms with Gasteiger partial charge in [-0.1, -0.05) is 18.2 Å². The van der Waals surface area contributed by atoms with Crippen molar-refractivity contribution in [3.05, 3.63) is 35.7 Å². The number of nitrogen functional groups attached to an aromatic ring is 1. The fourth-order valence-electron chi connectivity index (χ4n) is 4.13. The molecule has 3 heterocycles. The van der Waals surface area contributed by atoms with Gasteiger partial charge in [-0.3, -0.25) is 4.79 Å². The third-order valence-electron chi connectivity index (χ3n) is 6.06. The van der Waals surface area contributed by atoms with Crippen molar-refractivity contribution in [1.82, 2.24) is 14.9 Å². The van der Waals surface area contributed by atoms with Gasteiger partial charge in [-0.05, 0) is 23.8 Å². The van der Waals surface area contributed by atoms with Crippen LogP contribution >= 0.6 is 0 Å². The molecule has 4 N–H and O–H groups in total. The number of piperazine rings is 1. The number of morpholine rings is 1. The van der Waals surface area contributed by atoms with E-state index in [-0.39, 0.29) is 5.91 Å². The molecule has 10 heteroatoms. The van der Waals surface area contributed by atoms with Gasteiger partial charge < -0.3 is 35.6 Å². The van der Waals surface area contributed by atoms with E-state index in [9.17, 15) is 4.79 Å². The SMILES string of the molecule is COc1ccc(C=Cc2nc(N3CCOCC3)c(N)c(N3CCN(C(=O)CCN)CC3)n2)cc1. The molecule has 2 aromatic rings. The van der Waals surface area contributed by atoms with Crippen LogP contribution < -0.4 is 26.0 Å². The minimum atomic E-state index is 0.0925. The number of benzene rings is 1. The Bertz CT molecular complexity index is 998. The fraction of sp³-hybridized carbons (Fsp3) is 0.458. The fourth-order valence-corrected chi connectivity index (χ4v) is 4.13. The van der Waals surface area contributed by atoms with Crippen molar-refractivity contribution in [1.29, 1.82) is 0 Å². The van der Waals surface area contributed by atoms with E-state index in [1.165, 1.54) is 0 Å². The summed E-state index contributed by atoms with van der Waals surface area (Å²) in [5.74, 6) is 2.92. The summed E-state index contributed by atoms with van der Waals surface area (Å²) < 4.78 is 10.7. The van der Waals surface area contributed by atoms with Crippen LogP contribution in [0, 0.1) is 0 Å². The van der Waals surface area contributed by atoms with Crippen molar-refractivity contribution in [3.8, 4) is 5.75 Å². The molecule has 2 aliphatic rings. The second-order valence-corrected chi connectivity index (χ2v) is 8.26. The number of nitrogens with zero attached hydrogens (tertiary/aromatic N) is 5. The van der Waals surface area contributed by atoms with Gasteiger partial charge in [0.05, 0.1) is 20.3 Å². The number of hydrogen-bond acceptors (Lipinski definition) is 9. The molecule has 4 rings (SSSR count). The first-order valence-electron chi connectivity index (χ1n) is 11.6. The van der Waals surface area contributed by atoms with Crippen molar-refractivity contribution in [2.75, 3.05) is 81.7 Å². The molecule has 0 radical (unpaired) electrons. The molecule has 1 aromatic carbocycles. The van der Waals surface area contributed by atoms with E-state index in [1.54, 1.807) is 7.11 Å². The highest BCUT2D eigenvalue weighted by molar-refractivity contribution is 5.80. The standard InChI is InChI=1S/C24H33N7O3/c1-33-19-5-2-18(3-6-19)4-7-20-27-23(22(26)24(28-20)31-14-16-34-17-15-31)30-12-10-29(11-13-30)21(32)8-9-25/h2-7H,8-17,25-26H2,1H3. The minimum absolute atomic E-state index is 0.0925. The highest BCUT2D eigenvalue weighted by Gasteiger charge is 2.26. The monoisotopic (exact) mass is 467 g/mol. The van der Waals surface area contributed by atoms with Gasteiger partial charge in [-0.25, -0.2) is 9.97 Å². The summed E-state index contributed by atoms with van der Waals surface area (Å²) in [5.41, 5.74) is 13.7. The quantitative estimate of drug-likeness (QED) is 0.615. The molecule has 2 aliphatic heterocycles. The summed E-state index contributed by atoms with van der Waals surface area (Å²) in [5, 5.41) is 0. The predicted molar refractivity (Wildman–Crippen MR) is 134 cm³/mol. The van der Waals surface area contributed by atoms with Gasteiger partial charge in [0.1, 0.15) is 11.4 Å². The van der Waals surface area contributed by atoms with Gasteiger partial charge >= 0.3 is 0 Å². The van der Waals surface area contributed by atoms with Crippen molar-refractivity contribution in [2.24, 2.45) is 5.73 Å². The third kappa shape index (κ3) is 5.57. The van der Waals surface area contributed by atoms with E-state index >= 15 is 0 Å². The lowest BCUT2D eigenvalue weighted by Gasteiger charge is -2.37. The predicted octanol–water partition coefficient (Wildman–Crippen LogP) is 1.07. The number of aromatic nitrogens is 2. The maximum atomic E-state index is 12.2. The normalized spacial score (nSPS) is 16.8. The maximum absolute atomic E-state index is 12.2. The second kappa shape index (κ2) is 11.2.